The molecule has 0 atom stereocenters. The van der Waals surface area contributed by atoms with Gasteiger partial charge in [0, 0.05) is 11.6 Å². The molecule has 0 saturated heterocycles. The van der Waals surface area contributed by atoms with Gasteiger partial charge in [0.25, 0.3) is 0 Å². The van der Waals surface area contributed by atoms with Crippen LogP contribution in [0.25, 0.3) is 10.2 Å². The molecule has 0 aliphatic rings. The highest BCUT2D eigenvalue weighted by Gasteiger charge is 2.10. The van der Waals surface area contributed by atoms with Gasteiger partial charge < -0.3 is 5.32 Å². The standard InChI is InChI=1S/C15H11ClFN3OS/c16-10-6-4-9(5-7-10)8-18-14(21)20-15-19-13-11(17)2-1-3-12(13)22-15/h1-7H,8H2,(H2,18,19,20,21). The average molecular weight is 336 g/mol. The van der Waals surface area contributed by atoms with Gasteiger partial charge in [0.2, 0.25) is 0 Å². The molecule has 2 amide bonds. The zero-order valence-corrected chi connectivity index (χ0v) is 12.8. The van der Waals surface area contributed by atoms with Crippen LogP contribution in [0.5, 0.6) is 0 Å². The minimum Gasteiger partial charge on any atom is -0.334 e. The fraction of sp³-hybridized carbons (Fsp3) is 0.0667. The number of fused-ring (bicyclic) bond motifs is 1. The number of rotatable bonds is 3. The number of amides is 2. The van der Waals surface area contributed by atoms with Crippen LogP contribution in [-0.4, -0.2) is 11.0 Å². The normalized spacial score (nSPS) is 10.6. The first-order chi connectivity index (χ1) is 10.6. The predicted molar refractivity (Wildman–Crippen MR) is 86.9 cm³/mol. The van der Waals surface area contributed by atoms with Gasteiger partial charge in [0.1, 0.15) is 11.3 Å². The van der Waals surface area contributed by atoms with E-state index >= 15 is 0 Å². The van der Waals surface area contributed by atoms with Gasteiger partial charge in [-0.25, -0.2) is 14.2 Å². The Bertz CT molecular complexity index is 819. The summed E-state index contributed by atoms with van der Waals surface area (Å²) in [6.45, 7) is 0.363. The van der Waals surface area contributed by atoms with Crippen molar-refractivity contribution >= 4 is 44.3 Å². The van der Waals surface area contributed by atoms with Crippen molar-refractivity contribution in [3.63, 3.8) is 0 Å². The zero-order chi connectivity index (χ0) is 15.5. The Labute approximate surface area is 134 Å². The highest BCUT2D eigenvalue weighted by atomic mass is 35.5. The first kappa shape index (κ1) is 14.7. The van der Waals surface area contributed by atoms with Crippen molar-refractivity contribution in [2.75, 3.05) is 5.32 Å². The number of anilines is 1. The van der Waals surface area contributed by atoms with Crippen LogP contribution in [0.1, 0.15) is 5.56 Å². The maximum atomic E-state index is 13.5. The molecule has 3 aromatic rings. The third-order valence-corrected chi connectivity index (χ3v) is 4.14. The molecule has 0 saturated carbocycles. The van der Waals surface area contributed by atoms with Crippen molar-refractivity contribution < 1.29 is 9.18 Å². The summed E-state index contributed by atoms with van der Waals surface area (Å²) in [5.41, 5.74) is 1.19. The smallest absolute Gasteiger partial charge is 0.321 e. The topological polar surface area (TPSA) is 54.0 Å². The van der Waals surface area contributed by atoms with E-state index in [1.54, 1.807) is 24.3 Å². The molecule has 4 nitrogen and oxygen atoms in total. The van der Waals surface area contributed by atoms with E-state index in [1.165, 1.54) is 17.4 Å². The van der Waals surface area contributed by atoms with Crippen LogP contribution in [-0.2, 0) is 6.54 Å². The molecule has 3 rings (SSSR count). The quantitative estimate of drug-likeness (QED) is 0.745. The van der Waals surface area contributed by atoms with Gasteiger partial charge in [-0.15, -0.1) is 0 Å². The molecular formula is C15H11ClFN3OS. The number of urea groups is 1. The Morgan fingerprint density at radius 2 is 2.00 bits per heavy atom. The van der Waals surface area contributed by atoms with E-state index < -0.39 is 11.8 Å². The van der Waals surface area contributed by atoms with Crippen LogP contribution in [0.3, 0.4) is 0 Å². The molecule has 0 spiro atoms. The van der Waals surface area contributed by atoms with E-state index in [-0.39, 0.29) is 5.52 Å². The third-order valence-electron chi connectivity index (χ3n) is 2.96. The molecule has 1 heterocycles. The fourth-order valence-corrected chi connectivity index (χ4v) is 2.90. The Hall–Kier alpha value is -2.18. The summed E-state index contributed by atoms with van der Waals surface area (Å²) in [5, 5.41) is 6.31. The number of nitrogens with zero attached hydrogens (tertiary/aromatic N) is 1. The summed E-state index contributed by atoms with van der Waals surface area (Å²) in [7, 11) is 0. The van der Waals surface area contributed by atoms with Crippen molar-refractivity contribution in [2.45, 2.75) is 6.54 Å². The van der Waals surface area contributed by atoms with Gasteiger partial charge in [-0.3, -0.25) is 5.32 Å². The predicted octanol–water partition coefficient (Wildman–Crippen LogP) is 4.41. The van der Waals surface area contributed by atoms with E-state index in [9.17, 15) is 9.18 Å². The monoisotopic (exact) mass is 335 g/mol. The molecule has 0 unspecified atom stereocenters. The number of benzene rings is 2. The lowest BCUT2D eigenvalue weighted by Gasteiger charge is -2.05. The molecule has 112 valence electrons. The van der Waals surface area contributed by atoms with Crippen LogP contribution in [0.2, 0.25) is 5.02 Å². The molecule has 0 bridgehead atoms. The lowest BCUT2D eigenvalue weighted by Crippen LogP contribution is -2.28. The molecule has 0 fully saturated rings. The molecule has 7 heteroatoms. The largest absolute Gasteiger partial charge is 0.334 e. The first-order valence-corrected chi connectivity index (χ1v) is 7.65. The second-order valence-electron chi connectivity index (χ2n) is 4.54. The number of carbonyl (C=O) groups excluding carboxylic acids is 1. The molecule has 0 radical (unpaired) electrons. The van der Waals surface area contributed by atoms with Gasteiger partial charge in [0.05, 0.1) is 4.70 Å². The lowest BCUT2D eigenvalue weighted by molar-refractivity contribution is 0.251. The van der Waals surface area contributed by atoms with Crippen LogP contribution >= 0.6 is 22.9 Å². The molecule has 22 heavy (non-hydrogen) atoms. The Kier molecular flexibility index (Phi) is 4.22. The summed E-state index contributed by atoms with van der Waals surface area (Å²) >= 11 is 7.02. The number of hydrogen-bond acceptors (Lipinski definition) is 3. The second-order valence-corrected chi connectivity index (χ2v) is 6.01. The summed E-state index contributed by atoms with van der Waals surface area (Å²) in [6, 6.07) is 11.5. The molecular weight excluding hydrogens is 325 g/mol. The van der Waals surface area contributed by atoms with E-state index in [0.29, 0.717) is 21.4 Å². The van der Waals surface area contributed by atoms with E-state index in [2.05, 4.69) is 15.6 Å². The zero-order valence-electron chi connectivity index (χ0n) is 11.3. The Morgan fingerprint density at radius 1 is 1.23 bits per heavy atom. The number of carbonyl (C=O) groups is 1. The molecule has 0 aliphatic heterocycles. The lowest BCUT2D eigenvalue weighted by atomic mass is 10.2. The van der Waals surface area contributed by atoms with Crippen LogP contribution in [0, 0.1) is 5.82 Å². The van der Waals surface area contributed by atoms with E-state index in [0.717, 1.165) is 5.56 Å². The number of halogens is 2. The summed E-state index contributed by atoms with van der Waals surface area (Å²) in [6.07, 6.45) is 0. The number of aromatic nitrogens is 1. The van der Waals surface area contributed by atoms with Crippen molar-refractivity contribution in [1.29, 1.82) is 0 Å². The SMILES string of the molecule is O=C(NCc1ccc(Cl)cc1)Nc1nc2c(F)cccc2s1. The van der Waals surface area contributed by atoms with Gasteiger partial charge in [0.15, 0.2) is 5.13 Å². The van der Waals surface area contributed by atoms with Gasteiger partial charge >= 0.3 is 6.03 Å². The highest BCUT2D eigenvalue weighted by molar-refractivity contribution is 7.22. The maximum absolute atomic E-state index is 13.5. The molecule has 2 N–H and O–H groups in total. The van der Waals surface area contributed by atoms with Crippen molar-refractivity contribution in [3.05, 3.63) is 58.9 Å². The van der Waals surface area contributed by atoms with Crippen LogP contribution in [0.4, 0.5) is 14.3 Å². The number of hydrogen-bond donors (Lipinski definition) is 2. The van der Waals surface area contributed by atoms with E-state index in [1.807, 2.05) is 12.1 Å². The van der Waals surface area contributed by atoms with Crippen LogP contribution in [0.15, 0.2) is 42.5 Å². The van der Waals surface area contributed by atoms with Crippen LogP contribution < -0.4 is 10.6 Å². The van der Waals surface area contributed by atoms with Crippen molar-refractivity contribution in [2.24, 2.45) is 0 Å². The van der Waals surface area contributed by atoms with E-state index in [4.69, 9.17) is 11.6 Å². The summed E-state index contributed by atoms with van der Waals surface area (Å²) in [4.78, 5) is 15.9. The number of nitrogens with one attached hydrogen (secondary N) is 2. The average Bonchev–Trinajstić information content (AvgIpc) is 2.90. The first-order valence-electron chi connectivity index (χ1n) is 6.46. The summed E-state index contributed by atoms with van der Waals surface area (Å²) < 4.78 is 14.2. The minimum absolute atomic E-state index is 0.264. The number of para-hydroxylation sites is 1. The Morgan fingerprint density at radius 3 is 2.73 bits per heavy atom. The summed E-state index contributed by atoms with van der Waals surface area (Å²) in [5.74, 6) is -0.400. The van der Waals surface area contributed by atoms with Crippen molar-refractivity contribution in [1.82, 2.24) is 10.3 Å². The minimum atomic E-state index is -0.400. The van der Waals surface area contributed by atoms with Gasteiger partial charge in [-0.2, -0.15) is 0 Å². The molecule has 2 aromatic carbocycles. The highest BCUT2D eigenvalue weighted by Crippen LogP contribution is 2.27. The maximum Gasteiger partial charge on any atom is 0.321 e. The van der Waals surface area contributed by atoms with Crippen molar-refractivity contribution in [3.8, 4) is 0 Å². The third kappa shape index (κ3) is 3.35. The second kappa shape index (κ2) is 6.29. The van der Waals surface area contributed by atoms with Gasteiger partial charge in [-0.05, 0) is 29.8 Å². The van der Waals surface area contributed by atoms with Gasteiger partial charge in [-0.1, -0.05) is 41.1 Å². The molecule has 0 aliphatic carbocycles. The molecule has 1 aromatic heterocycles. The fourth-order valence-electron chi connectivity index (χ4n) is 1.89. The number of thiazole rings is 1. The Balaban J connectivity index is 1.63.